The van der Waals surface area contributed by atoms with Gasteiger partial charge in [-0.2, -0.15) is 5.10 Å². The first kappa shape index (κ1) is 20.6. The van der Waals surface area contributed by atoms with E-state index in [9.17, 15) is 19.7 Å². The third kappa shape index (κ3) is 5.63. The minimum absolute atomic E-state index is 0.0301. The van der Waals surface area contributed by atoms with Crippen LogP contribution in [0.1, 0.15) is 29.3 Å². The Morgan fingerprint density at radius 1 is 1.18 bits per heavy atom. The molecule has 2 aromatic rings. The van der Waals surface area contributed by atoms with Crippen molar-refractivity contribution in [1.82, 2.24) is 5.43 Å². The van der Waals surface area contributed by atoms with Crippen molar-refractivity contribution in [2.24, 2.45) is 5.10 Å². The number of aryl methyl sites for hydroxylation is 1. The molecule has 146 valence electrons. The number of rotatable bonds is 7. The lowest BCUT2D eigenvalue weighted by atomic mass is 10.2. The molecule has 28 heavy (non-hydrogen) atoms. The van der Waals surface area contributed by atoms with Crippen molar-refractivity contribution < 1.29 is 19.2 Å². The number of carbonyl (C=O) groups is 2. The Kier molecular flexibility index (Phi) is 6.80. The molecule has 0 saturated carbocycles. The van der Waals surface area contributed by atoms with Crippen molar-refractivity contribution in [3.8, 4) is 5.75 Å². The van der Waals surface area contributed by atoms with Crippen LogP contribution in [0.25, 0.3) is 0 Å². The summed E-state index contributed by atoms with van der Waals surface area (Å²) in [7, 11) is 1.51. The second-order valence-electron chi connectivity index (χ2n) is 6.02. The summed E-state index contributed by atoms with van der Waals surface area (Å²) in [5, 5.41) is 17.3. The Balaban J connectivity index is 1.94. The highest BCUT2D eigenvalue weighted by molar-refractivity contribution is 6.06. The smallest absolute Gasteiger partial charge is 0.271 e. The van der Waals surface area contributed by atoms with Gasteiger partial charge in [0.15, 0.2) is 0 Å². The van der Waals surface area contributed by atoms with Gasteiger partial charge >= 0.3 is 0 Å². The van der Waals surface area contributed by atoms with Crippen molar-refractivity contribution in [2.45, 2.75) is 20.3 Å². The van der Waals surface area contributed by atoms with Gasteiger partial charge in [0.25, 0.3) is 11.6 Å². The Bertz CT molecular complexity index is 922. The molecule has 0 spiro atoms. The number of hydrazone groups is 1. The highest BCUT2D eigenvalue weighted by Gasteiger charge is 2.11. The lowest BCUT2D eigenvalue weighted by Crippen LogP contribution is -2.21. The van der Waals surface area contributed by atoms with Crippen LogP contribution in [0.5, 0.6) is 5.75 Å². The van der Waals surface area contributed by atoms with Crippen molar-refractivity contribution in [3.63, 3.8) is 0 Å². The van der Waals surface area contributed by atoms with E-state index in [0.29, 0.717) is 17.1 Å². The number of hydrogen-bond donors (Lipinski definition) is 2. The number of amides is 2. The molecule has 0 aromatic heterocycles. The lowest BCUT2D eigenvalue weighted by molar-refractivity contribution is -0.384. The maximum absolute atomic E-state index is 12.2. The summed E-state index contributed by atoms with van der Waals surface area (Å²) in [4.78, 5) is 34.3. The van der Waals surface area contributed by atoms with E-state index in [2.05, 4.69) is 15.8 Å². The van der Waals surface area contributed by atoms with E-state index in [-0.39, 0.29) is 23.6 Å². The first-order valence-electron chi connectivity index (χ1n) is 8.32. The maximum atomic E-state index is 12.2. The second kappa shape index (κ2) is 9.26. The molecule has 2 amide bonds. The Hall–Kier alpha value is -3.75. The number of nitrogens with zero attached hydrogens (tertiary/aromatic N) is 2. The van der Waals surface area contributed by atoms with Crippen LogP contribution < -0.4 is 15.5 Å². The zero-order valence-electron chi connectivity index (χ0n) is 15.7. The summed E-state index contributed by atoms with van der Waals surface area (Å²) < 4.78 is 5.21. The molecule has 0 heterocycles. The maximum Gasteiger partial charge on any atom is 0.271 e. The van der Waals surface area contributed by atoms with Crippen LogP contribution in [0, 0.1) is 17.0 Å². The van der Waals surface area contributed by atoms with E-state index in [1.807, 2.05) is 13.0 Å². The van der Waals surface area contributed by atoms with Crippen LogP contribution in [0.3, 0.4) is 0 Å². The van der Waals surface area contributed by atoms with Gasteiger partial charge in [0.2, 0.25) is 5.91 Å². The molecular weight excluding hydrogens is 364 g/mol. The van der Waals surface area contributed by atoms with Gasteiger partial charge in [-0.1, -0.05) is 6.07 Å². The van der Waals surface area contributed by atoms with E-state index in [4.69, 9.17) is 4.74 Å². The van der Waals surface area contributed by atoms with E-state index in [1.165, 1.54) is 31.4 Å². The van der Waals surface area contributed by atoms with Crippen molar-refractivity contribution in [3.05, 3.63) is 63.7 Å². The highest BCUT2D eigenvalue weighted by atomic mass is 16.6. The number of ether oxygens (including phenoxy) is 1. The van der Waals surface area contributed by atoms with Crippen molar-refractivity contribution in [2.75, 3.05) is 12.4 Å². The average Bonchev–Trinajstić information content (AvgIpc) is 2.66. The summed E-state index contributed by atoms with van der Waals surface area (Å²) in [5.74, 6) is -0.301. The minimum atomic E-state index is -0.550. The fourth-order valence-electron chi connectivity index (χ4n) is 2.33. The van der Waals surface area contributed by atoms with Gasteiger partial charge in [0, 0.05) is 23.4 Å². The van der Waals surface area contributed by atoms with Gasteiger partial charge in [-0.05, 0) is 43.7 Å². The number of hydrogen-bond acceptors (Lipinski definition) is 6. The average molecular weight is 384 g/mol. The van der Waals surface area contributed by atoms with Gasteiger partial charge in [-0.25, -0.2) is 5.43 Å². The zero-order chi connectivity index (χ0) is 20.7. The number of benzene rings is 2. The fourth-order valence-corrected chi connectivity index (χ4v) is 2.33. The number of nitro groups is 1. The van der Waals surface area contributed by atoms with E-state index in [1.54, 1.807) is 19.1 Å². The molecule has 0 bridgehead atoms. The first-order valence-corrected chi connectivity index (χ1v) is 8.32. The Morgan fingerprint density at radius 3 is 2.46 bits per heavy atom. The molecule has 2 aromatic carbocycles. The summed E-state index contributed by atoms with van der Waals surface area (Å²) in [5.41, 5.74) is 4.34. The lowest BCUT2D eigenvalue weighted by Gasteiger charge is -2.11. The molecule has 0 aliphatic heterocycles. The summed E-state index contributed by atoms with van der Waals surface area (Å²) in [6, 6.07) is 10.5. The predicted octanol–water partition coefficient (Wildman–Crippen LogP) is 3.05. The summed E-state index contributed by atoms with van der Waals surface area (Å²) in [6.45, 7) is 3.50. The van der Waals surface area contributed by atoms with Gasteiger partial charge in [-0.15, -0.1) is 0 Å². The molecule has 0 saturated heterocycles. The standard InChI is InChI=1S/C19H20N4O5/c1-12-4-9-17(28-3)16(10-12)20-18(24)11-13(2)21-22-19(25)14-5-7-15(8-6-14)23(26)27/h4-10H,11H2,1-3H3,(H,20,24)(H,22,25)/b21-13-. The number of anilines is 1. The molecule has 2 rings (SSSR count). The highest BCUT2D eigenvalue weighted by Crippen LogP contribution is 2.25. The normalized spacial score (nSPS) is 10.9. The summed E-state index contributed by atoms with van der Waals surface area (Å²) >= 11 is 0. The molecule has 0 aliphatic carbocycles. The van der Waals surface area contributed by atoms with Crippen LogP contribution in [0.15, 0.2) is 47.6 Å². The van der Waals surface area contributed by atoms with E-state index >= 15 is 0 Å². The quantitative estimate of drug-likeness (QED) is 0.431. The molecule has 0 radical (unpaired) electrons. The largest absolute Gasteiger partial charge is 0.495 e. The number of methoxy groups -OCH3 is 1. The Morgan fingerprint density at radius 2 is 1.86 bits per heavy atom. The van der Waals surface area contributed by atoms with Crippen LogP contribution in [0.4, 0.5) is 11.4 Å². The molecule has 9 nitrogen and oxygen atoms in total. The number of nitrogens with one attached hydrogen (secondary N) is 2. The topological polar surface area (TPSA) is 123 Å². The van der Waals surface area contributed by atoms with E-state index in [0.717, 1.165) is 5.56 Å². The van der Waals surface area contributed by atoms with Crippen LogP contribution in [-0.4, -0.2) is 29.6 Å². The van der Waals surface area contributed by atoms with Crippen LogP contribution in [0.2, 0.25) is 0 Å². The Labute approximate surface area is 161 Å². The van der Waals surface area contributed by atoms with Crippen LogP contribution >= 0.6 is 0 Å². The monoisotopic (exact) mass is 384 g/mol. The van der Waals surface area contributed by atoms with Gasteiger partial charge in [0.1, 0.15) is 5.75 Å². The molecule has 0 fully saturated rings. The summed E-state index contributed by atoms with van der Waals surface area (Å²) in [6.07, 6.45) is -0.0301. The minimum Gasteiger partial charge on any atom is -0.495 e. The van der Waals surface area contributed by atoms with Gasteiger partial charge < -0.3 is 10.1 Å². The second-order valence-corrected chi connectivity index (χ2v) is 6.02. The zero-order valence-corrected chi connectivity index (χ0v) is 15.7. The van der Waals surface area contributed by atoms with Crippen LogP contribution in [-0.2, 0) is 4.79 Å². The SMILES string of the molecule is COc1ccc(C)cc1NC(=O)C/C(C)=N\NC(=O)c1ccc([N+](=O)[O-])cc1. The van der Waals surface area contributed by atoms with E-state index < -0.39 is 10.8 Å². The third-order valence-electron chi connectivity index (χ3n) is 3.73. The van der Waals surface area contributed by atoms with Crippen molar-refractivity contribution in [1.29, 1.82) is 0 Å². The molecule has 0 unspecified atom stereocenters. The molecule has 9 heteroatoms. The fraction of sp³-hybridized carbons (Fsp3) is 0.211. The predicted molar refractivity (Wildman–Crippen MR) is 105 cm³/mol. The first-order chi connectivity index (χ1) is 13.3. The molecular formula is C19H20N4O5. The number of nitro benzene ring substituents is 1. The molecule has 0 atom stereocenters. The van der Waals surface area contributed by atoms with Gasteiger partial charge in [-0.3, -0.25) is 19.7 Å². The number of non-ortho nitro benzene ring substituents is 1. The van der Waals surface area contributed by atoms with Gasteiger partial charge in [0.05, 0.1) is 24.1 Å². The molecule has 0 aliphatic rings. The third-order valence-corrected chi connectivity index (χ3v) is 3.73. The van der Waals surface area contributed by atoms with Crippen molar-refractivity contribution >= 4 is 28.9 Å². The number of carbonyl (C=O) groups excluding carboxylic acids is 2. The molecule has 2 N–H and O–H groups in total.